The van der Waals surface area contributed by atoms with Crippen molar-refractivity contribution in [3.63, 3.8) is 0 Å². The highest BCUT2D eigenvalue weighted by molar-refractivity contribution is 5.81. The number of hydrogen-bond donors (Lipinski definition) is 1. The summed E-state index contributed by atoms with van der Waals surface area (Å²) in [6.07, 6.45) is 4.83. The number of allylic oxidation sites excluding steroid dienone is 5. The van der Waals surface area contributed by atoms with Gasteiger partial charge in [0, 0.05) is 19.0 Å². The Labute approximate surface area is 127 Å². The molecule has 0 saturated carbocycles. The topological polar surface area (TPSA) is 38.4 Å². The van der Waals surface area contributed by atoms with Gasteiger partial charge in [-0.2, -0.15) is 0 Å². The average molecular weight is 280 g/mol. The third-order valence-electron chi connectivity index (χ3n) is 2.88. The van der Waals surface area contributed by atoms with E-state index in [9.17, 15) is 0 Å². The lowest BCUT2D eigenvalue weighted by atomic mass is 9.91. The molecule has 0 radical (unpaired) electrons. The summed E-state index contributed by atoms with van der Waals surface area (Å²) < 4.78 is 0. The summed E-state index contributed by atoms with van der Waals surface area (Å²) in [6.45, 7) is 20.2. The molecule has 0 spiro atoms. The molecule has 0 unspecified atom stereocenters. The van der Waals surface area contributed by atoms with Gasteiger partial charge < -0.3 is 5.73 Å². The van der Waals surface area contributed by atoms with E-state index in [-0.39, 0.29) is 0 Å². The first kappa shape index (κ1) is 23.8. The molecule has 2 nitrogen and oxygen atoms in total. The molecule has 0 bridgehead atoms. The second kappa shape index (κ2) is 15.7. The van der Waals surface area contributed by atoms with Crippen LogP contribution in [0.25, 0.3) is 0 Å². The maximum absolute atomic E-state index is 5.85. The second-order valence-corrected chi connectivity index (χ2v) is 4.08. The lowest BCUT2D eigenvalue weighted by Crippen LogP contribution is -2.06. The van der Waals surface area contributed by atoms with Gasteiger partial charge in [-0.1, -0.05) is 54.2 Å². The minimum atomic E-state index is 0.484. The zero-order valence-corrected chi connectivity index (χ0v) is 15.2. The minimum absolute atomic E-state index is 0.484. The zero-order valence-electron chi connectivity index (χ0n) is 15.2. The first-order chi connectivity index (χ1) is 9.49. The van der Waals surface area contributed by atoms with Crippen molar-refractivity contribution >= 4 is 6.21 Å². The van der Waals surface area contributed by atoms with E-state index >= 15 is 0 Å². The lowest BCUT2D eigenvalue weighted by molar-refractivity contribution is 0.675. The van der Waals surface area contributed by atoms with Gasteiger partial charge in [0.1, 0.15) is 0 Å². The van der Waals surface area contributed by atoms with Gasteiger partial charge in [-0.05, 0) is 42.9 Å². The monoisotopic (exact) mass is 280 g/mol. The van der Waals surface area contributed by atoms with Crippen LogP contribution in [0.4, 0.5) is 0 Å². The number of aliphatic imine (C=N–C) groups is 1. The van der Waals surface area contributed by atoms with Crippen molar-refractivity contribution in [2.45, 2.75) is 61.8 Å². The van der Waals surface area contributed by atoms with Crippen LogP contribution in [-0.4, -0.2) is 13.3 Å². The van der Waals surface area contributed by atoms with E-state index in [1.807, 2.05) is 46.9 Å². The molecule has 0 aliphatic rings. The largest absolute Gasteiger partial charge is 0.402 e. The van der Waals surface area contributed by atoms with E-state index in [0.29, 0.717) is 5.92 Å². The smallest absolute Gasteiger partial charge is 0.0277 e. The van der Waals surface area contributed by atoms with Crippen LogP contribution in [0, 0.1) is 5.92 Å². The Morgan fingerprint density at radius 3 is 1.90 bits per heavy atom. The normalized spacial score (nSPS) is 14.1. The molecule has 20 heavy (non-hydrogen) atoms. The molecule has 0 saturated heterocycles. The Kier molecular flexibility index (Phi) is 18.7. The van der Waals surface area contributed by atoms with Gasteiger partial charge in [-0.25, -0.2) is 0 Å². The van der Waals surface area contributed by atoms with Crippen LogP contribution in [0.2, 0.25) is 0 Å². The predicted octanol–water partition coefficient (Wildman–Crippen LogP) is 5.52. The molecule has 0 aromatic carbocycles. The molecule has 0 amide bonds. The van der Waals surface area contributed by atoms with E-state index in [2.05, 4.69) is 32.3 Å². The summed E-state index contributed by atoms with van der Waals surface area (Å²) >= 11 is 0. The summed E-state index contributed by atoms with van der Waals surface area (Å²) in [6, 6.07) is 0. The molecular formula is C18H36N2. The van der Waals surface area contributed by atoms with Crippen LogP contribution in [0.15, 0.2) is 40.1 Å². The van der Waals surface area contributed by atoms with E-state index in [1.54, 1.807) is 7.05 Å². The molecule has 118 valence electrons. The molecule has 0 fully saturated rings. The SMILES string of the molecule is C=CC(=C(\C)N)/C(C)=C(/C=NC)[C@H](C)CC.CC.CC. The first-order valence-electron chi connectivity index (χ1n) is 7.71. The Bertz CT molecular complexity index is 329. The van der Waals surface area contributed by atoms with Crippen LogP contribution in [0.1, 0.15) is 61.8 Å². The molecule has 0 rings (SSSR count). The van der Waals surface area contributed by atoms with Crippen LogP contribution < -0.4 is 5.73 Å². The van der Waals surface area contributed by atoms with Gasteiger partial charge in [0.2, 0.25) is 0 Å². The van der Waals surface area contributed by atoms with Crippen molar-refractivity contribution in [3.05, 3.63) is 35.1 Å². The van der Waals surface area contributed by atoms with E-state index in [1.165, 1.54) is 11.1 Å². The molecular weight excluding hydrogens is 244 g/mol. The van der Waals surface area contributed by atoms with Gasteiger partial charge in [0.25, 0.3) is 0 Å². The highest BCUT2D eigenvalue weighted by atomic mass is 14.6. The van der Waals surface area contributed by atoms with E-state index in [4.69, 9.17) is 5.73 Å². The fraction of sp³-hybridized carbons (Fsp3) is 0.611. The predicted molar refractivity (Wildman–Crippen MR) is 96.4 cm³/mol. The van der Waals surface area contributed by atoms with Gasteiger partial charge in [-0.3, -0.25) is 4.99 Å². The molecule has 0 aliphatic carbocycles. The number of nitrogens with zero attached hydrogens (tertiary/aromatic N) is 1. The molecule has 0 heterocycles. The van der Waals surface area contributed by atoms with Crippen LogP contribution in [0.5, 0.6) is 0 Å². The fourth-order valence-electron chi connectivity index (χ4n) is 1.72. The highest BCUT2D eigenvalue weighted by Crippen LogP contribution is 2.23. The average Bonchev–Trinajstić information content (AvgIpc) is 2.48. The van der Waals surface area contributed by atoms with E-state index in [0.717, 1.165) is 17.7 Å². The highest BCUT2D eigenvalue weighted by Gasteiger charge is 2.10. The van der Waals surface area contributed by atoms with Crippen LogP contribution >= 0.6 is 0 Å². The molecule has 0 aromatic heterocycles. The quantitative estimate of drug-likeness (QED) is 0.522. The summed E-state index contributed by atoms with van der Waals surface area (Å²) in [7, 11) is 1.79. The molecule has 0 aliphatic heterocycles. The molecule has 1 atom stereocenters. The maximum Gasteiger partial charge on any atom is 0.0277 e. The van der Waals surface area contributed by atoms with Crippen molar-refractivity contribution in [1.29, 1.82) is 0 Å². The third-order valence-corrected chi connectivity index (χ3v) is 2.88. The molecule has 0 aromatic rings. The molecule has 2 N–H and O–H groups in total. The third kappa shape index (κ3) is 8.73. The minimum Gasteiger partial charge on any atom is -0.402 e. The Morgan fingerprint density at radius 1 is 1.20 bits per heavy atom. The number of rotatable bonds is 5. The lowest BCUT2D eigenvalue weighted by Gasteiger charge is -2.16. The van der Waals surface area contributed by atoms with Crippen molar-refractivity contribution in [1.82, 2.24) is 0 Å². The summed E-state index contributed by atoms with van der Waals surface area (Å²) in [4.78, 5) is 4.12. The Hall–Kier alpha value is -1.31. The standard InChI is InChI=1S/C14H24N2.2C2H6/c1-7-10(3)14(9-16-6)11(4)13(8-2)12(5)15;2*1-2/h8-10H,2,7,15H2,1,3-6H3;2*1-2H3/b13-12-,14-11-,16-9?;;/t10-;;/m1../s1. The summed E-state index contributed by atoms with van der Waals surface area (Å²) in [5.74, 6) is 0.484. The molecule has 2 heteroatoms. The van der Waals surface area contributed by atoms with Crippen LogP contribution in [-0.2, 0) is 0 Å². The first-order valence-corrected chi connectivity index (χ1v) is 7.71. The van der Waals surface area contributed by atoms with Crippen molar-refractivity contribution < 1.29 is 0 Å². The Morgan fingerprint density at radius 2 is 1.65 bits per heavy atom. The van der Waals surface area contributed by atoms with Gasteiger partial charge in [-0.15, -0.1) is 0 Å². The summed E-state index contributed by atoms with van der Waals surface area (Å²) in [5, 5.41) is 0. The van der Waals surface area contributed by atoms with Crippen molar-refractivity contribution in [3.8, 4) is 0 Å². The maximum atomic E-state index is 5.85. The van der Waals surface area contributed by atoms with Crippen LogP contribution in [0.3, 0.4) is 0 Å². The van der Waals surface area contributed by atoms with Gasteiger partial charge in [0.05, 0.1) is 0 Å². The number of hydrogen-bond acceptors (Lipinski definition) is 2. The zero-order chi connectivity index (χ0) is 16.7. The fourth-order valence-corrected chi connectivity index (χ4v) is 1.72. The van der Waals surface area contributed by atoms with E-state index < -0.39 is 0 Å². The van der Waals surface area contributed by atoms with Crippen molar-refractivity contribution in [2.24, 2.45) is 16.6 Å². The van der Waals surface area contributed by atoms with Gasteiger partial charge in [0.15, 0.2) is 0 Å². The summed E-state index contributed by atoms with van der Waals surface area (Å²) in [5.41, 5.74) is 10.1. The van der Waals surface area contributed by atoms with Gasteiger partial charge >= 0.3 is 0 Å². The van der Waals surface area contributed by atoms with Crippen molar-refractivity contribution in [2.75, 3.05) is 7.05 Å². The number of nitrogens with two attached hydrogens (primary N) is 1. The Balaban J connectivity index is -0.000000656. The second-order valence-electron chi connectivity index (χ2n) is 4.08.